The van der Waals surface area contributed by atoms with Crippen LogP contribution in [0.2, 0.25) is 0 Å². The van der Waals surface area contributed by atoms with Crippen molar-refractivity contribution in [2.75, 3.05) is 7.11 Å². The average Bonchev–Trinajstić information content (AvgIpc) is 3.45. The largest absolute Gasteiger partial charge is 0.491 e. The molecule has 1 saturated carbocycles. The molecule has 0 aliphatic heterocycles. The minimum absolute atomic E-state index is 0.157. The lowest BCUT2D eigenvalue weighted by atomic mass is 10.1. The summed E-state index contributed by atoms with van der Waals surface area (Å²) in [6.07, 6.45) is -0.0579. The molecule has 3 aromatic rings. The van der Waals surface area contributed by atoms with Crippen LogP contribution >= 0.6 is 11.6 Å². The highest BCUT2D eigenvalue weighted by molar-refractivity contribution is 6.48. The summed E-state index contributed by atoms with van der Waals surface area (Å²) in [6.45, 7) is 3.45. The Bertz CT molecular complexity index is 1490. The van der Waals surface area contributed by atoms with Gasteiger partial charge in [-0.15, -0.1) is 0 Å². The molecule has 1 aliphatic rings. The summed E-state index contributed by atoms with van der Waals surface area (Å²) in [5.41, 5.74) is -1.07. The molecular formula is C29H22ClF4NO4. The fraction of sp³-hybridized carbons (Fsp3) is 0.241. The van der Waals surface area contributed by atoms with Gasteiger partial charge in [-0.25, -0.2) is 13.2 Å². The van der Waals surface area contributed by atoms with E-state index in [9.17, 15) is 27.6 Å². The number of rotatable bonds is 8. The number of hydrogen-bond donors (Lipinski definition) is 0. The minimum atomic E-state index is -1.53. The second-order valence-electron chi connectivity index (χ2n) is 9.46. The highest BCUT2D eigenvalue weighted by atomic mass is 35.5. The molecule has 3 unspecified atom stereocenters. The van der Waals surface area contributed by atoms with Gasteiger partial charge in [-0.05, 0) is 41.7 Å². The normalized spacial score (nSPS) is 18.6. The van der Waals surface area contributed by atoms with Gasteiger partial charge in [-0.2, -0.15) is 9.65 Å². The van der Waals surface area contributed by atoms with Crippen molar-refractivity contribution in [3.8, 4) is 23.3 Å². The van der Waals surface area contributed by atoms with E-state index >= 15 is 0 Å². The van der Waals surface area contributed by atoms with Gasteiger partial charge in [0.05, 0.1) is 13.0 Å². The van der Waals surface area contributed by atoms with Crippen LogP contribution in [0.25, 0.3) is 5.03 Å². The Hall–Kier alpha value is -4.03. The van der Waals surface area contributed by atoms with Gasteiger partial charge in [0, 0.05) is 16.2 Å². The third-order valence-corrected chi connectivity index (χ3v) is 6.98. The van der Waals surface area contributed by atoms with Crippen molar-refractivity contribution in [2.45, 2.75) is 20.0 Å². The molecule has 39 heavy (non-hydrogen) atoms. The molecule has 3 aromatic carbocycles. The second-order valence-corrected chi connectivity index (χ2v) is 9.86. The topological polar surface area (TPSA) is 68.5 Å². The first-order valence-corrected chi connectivity index (χ1v) is 12.1. The van der Waals surface area contributed by atoms with Gasteiger partial charge in [-0.1, -0.05) is 55.8 Å². The van der Waals surface area contributed by atoms with Gasteiger partial charge in [0.2, 0.25) is 11.9 Å². The highest BCUT2D eigenvalue weighted by Crippen LogP contribution is 2.60. The Morgan fingerprint density at radius 3 is 2.38 bits per heavy atom. The average molecular weight is 560 g/mol. The van der Waals surface area contributed by atoms with Crippen molar-refractivity contribution in [1.29, 1.82) is 5.26 Å². The van der Waals surface area contributed by atoms with E-state index in [2.05, 4.69) is 4.74 Å². The summed E-state index contributed by atoms with van der Waals surface area (Å²) in [5.74, 6) is -7.54. The number of methoxy groups -OCH3 is 1. The summed E-state index contributed by atoms with van der Waals surface area (Å²) in [6, 6.07) is 14.7. The summed E-state index contributed by atoms with van der Waals surface area (Å²) >= 11 is 6.20. The molecule has 3 atom stereocenters. The van der Waals surface area contributed by atoms with Crippen LogP contribution in [0.5, 0.6) is 17.2 Å². The van der Waals surface area contributed by atoms with Gasteiger partial charge < -0.3 is 14.2 Å². The highest BCUT2D eigenvalue weighted by Gasteiger charge is 2.62. The molecule has 1 fully saturated rings. The number of halogens is 5. The number of carbonyl (C=O) groups is 1. The minimum Gasteiger partial charge on any atom is -0.491 e. The zero-order valence-electron chi connectivity index (χ0n) is 21.0. The molecule has 5 nitrogen and oxygen atoms in total. The quantitative estimate of drug-likeness (QED) is 0.161. The van der Waals surface area contributed by atoms with Gasteiger partial charge in [0.1, 0.15) is 11.8 Å². The van der Waals surface area contributed by atoms with Gasteiger partial charge >= 0.3 is 5.97 Å². The molecule has 1 aliphatic carbocycles. The van der Waals surface area contributed by atoms with Gasteiger partial charge in [-0.3, -0.25) is 4.79 Å². The van der Waals surface area contributed by atoms with Crippen molar-refractivity contribution >= 4 is 22.6 Å². The lowest BCUT2D eigenvalue weighted by Crippen LogP contribution is -2.14. The summed E-state index contributed by atoms with van der Waals surface area (Å²) in [7, 11) is 0.999. The van der Waals surface area contributed by atoms with E-state index in [0.717, 1.165) is 13.2 Å². The maximum absolute atomic E-state index is 14.5. The zero-order valence-corrected chi connectivity index (χ0v) is 21.7. The SMILES string of the molecule is COc1c(F)cc(C(Cl)=CC2C(C(=O)OC(C#N)c3ccc(F)c(Oc4ccccc4)c3)C2(C)C)c(F)c1F. The Morgan fingerprint density at radius 1 is 1.05 bits per heavy atom. The molecule has 0 aromatic heterocycles. The fourth-order valence-electron chi connectivity index (χ4n) is 4.36. The number of nitriles is 1. The van der Waals surface area contributed by atoms with Crippen molar-refractivity contribution < 1.29 is 36.6 Å². The predicted molar refractivity (Wildman–Crippen MR) is 135 cm³/mol. The standard InChI is InChI=1S/C29H22ClF4NO4/c1-29(2)18(13-19(30)17-12-21(32)27(37-3)26(34)25(17)33)24(29)28(36)39-23(14-35)15-9-10-20(31)22(11-15)38-16-7-5-4-6-8-16/h4-13,18,23-24H,1-3H3. The van der Waals surface area contributed by atoms with E-state index in [1.807, 2.05) is 6.07 Å². The van der Waals surface area contributed by atoms with E-state index in [1.54, 1.807) is 44.2 Å². The lowest BCUT2D eigenvalue weighted by molar-refractivity contribution is -0.149. The molecule has 0 bridgehead atoms. The molecule has 202 valence electrons. The van der Waals surface area contributed by atoms with Crippen molar-refractivity contribution in [1.82, 2.24) is 0 Å². The zero-order chi connectivity index (χ0) is 28.5. The van der Waals surface area contributed by atoms with Crippen LogP contribution in [0.3, 0.4) is 0 Å². The molecular weight excluding hydrogens is 538 g/mol. The fourth-order valence-corrected chi connectivity index (χ4v) is 4.63. The third-order valence-electron chi connectivity index (χ3n) is 6.65. The summed E-state index contributed by atoms with van der Waals surface area (Å²) in [5, 5.41) is 9.37. The molecule has 0 saturated heterocycles. The van der Waals surface area contributed by atoms with Gasteiger partial charge in [0.25, 0.3) is 0 Å². The number of hydrogen-bond acceptors (Lipinski definition) is 5. The first-order valence-electron chi connectivity index (χ1n) is 11.7. The van der Waals surface area contributed by atoms with Crippen molar-refractivity contribution in [3.63, 3.8) is 0 Å². The predicted octanol–water partition coefficient (Wildman–Crippen LogP) is 7.70. The Balaban J connectivity index is 1.53. The molecule has 10 heteroatoms. The number of para-hydroxylation sites is 1. The number of ether oxygens (including phenoxy) is 3. The number of nitrogens with zero attached hydrogens (tertiary/aromatic N) is 1. The Morgan fingerprint density at radius 2 is 1.74 bits per heavy atom. The molecule has 0 heterocycles. The van der Waals surface area contributed by atoms with Crippen LogP contribution in [0.1, 0.15) is 31.1 Å². The molecule has 0 N–H and O–H groups in total. The monoisotopic (exact) mass is 559 g/mol. The number of benzene rings is 3. The van der Waals surface area contributed by atoms with E-state index < -0.39 is 63.9 Å². The molecule has 4 rings (SSSR count). The van der Waals surface area contributed by atoms with Crippen LogP contribution in [0, 0.1) is 51.9 Å². The van der Waals surface area contributed by atoms with Crippen LogP contribution in [0.15, 0.2) is 60.7 Å². The summed E-state index contributed by atoms with van der Waals surface area (Å²) in [4.78, 5) is 13.0. The maximum Gasteiger partial charge on any atom is 0.311 e. The first-order chi connectivity index (χ1) is 18.5. The number of esters is 1. The van der Waals surface area contributed by atoms with Gasteiger partial charge in [0.15, 0.2) is 29.0 Å². The summed E-state index contributed by atoms with van der Waals surface area (Å²) < 4.78 is 72.6. The van der Waals surface area contributed by atoms with E-state index in [0.29, 0.717) is 11.8 Å². The smallest absolute Gasteiger partial charge is 0.311 e. The lowest BCUT2D eigenvalue weighted by Gasteiger charge is -2.14. The van der Waals surface area contributed by atoms with Crippen LogP contribution in [-0.2, 0) is 9.53 Å². The second kappa shape index (κ2) is 11.0. The maximum atomic E-state index is 14.5. The molecule has 0 spiro atoms. The van der Waals surface area contributed by atoms with E-state index in [1.165, 1.54) is 18.2 Å². The number of allylic oxidation sites excluding steroid dienone is 1. The molecule has 0 radical (unpaired) electrons. The molecule has 0 amide bonds. The van der Waals surface area contributed by atoms with E-state index in [-0.39, 0.29) is 16.3 Å². The van der Waals surface area contributed by atoms with Crippen molar-refractivity contribution in [3.05, 3.63) is 95.1 Å². The van der Waals surface area contributed by atoms with E-state index in [4.69, 9.17) is 21.1 Å². The first kappa shape index (κ1) is 28.0. The Labute approximate surface area is 227 Å². The van der Waals surface area contributed by atoms with Crippen LogP contribution < -0.4 is 9.47 Å². The third kappa shape index (κ3) is 5.57. The Kier molecular flexibility index (Phi) is 7.89. The van der Waals surface area contributed by atoms with Crippen LogP contribution in [-0.4, -0.2) is 13.1 Å². The number of carbonyl (C=O) groups excluding carboxylic acids is 1. The van der Waals surface area contributed by atoms with Crippen molar-refractivity contribution in [2.24, 2.45) is 17.3 Å². The van der Waals surface area contributed by atoms with Crippen LogP contribution in [0.4, 0.5) is 17.6 Å².